The molecule has 1 rings (SSSR count). The van der Waals surface area contributed by atoms with Gasteiger partial charge in [-0.1, -0.05) is 13.8 Å². The summed E-state index contributed by atoms with van der Waals surface area (Å²) in [6.07, 6.45) is -0.112. The van der Waals surface area contributed by atoms with E-state index in [1.165, 1.54) is 0 Å². The van der Waals surface area contributed by atoms with Gasteiger partial charge in [-0.2, -0.15) is 5.10 Å². The lowest BCUT2D eigenvalue weighted by Gasteiger charge is -2.14. The maximum atomic E-state index is 12.0. The Morgan fingerprint density at radius 1 is 1.39 bits per heavy atom. The maximum absolute atomic E-state index is 12.0. The fourth-order valence-corrected chi connectivity index (χ4v) is 3.28. The van der Waals surface area contributed by atoms with E-state index in [0.29, 0.717) is 23.7 Å². The second-order valence-electron chi connectivity index (χ2n) is 4.90. The molecule has 0 saturated heterocycles. The third-order valence-electron chi connectivity index (χ3n) is 2.58. The number of nitrogens with one attached hydrogen (secondary N) is 2. The molecule has 0 saturated carbocycles. The average Bonchev–Trinajstić information content (AvgIpc) is 2.55. The van der Waals surface area contributed by atoms with Crippen molar-refractivity contribution in [3.05, 3.63) is 11.4 Å². The molecule has 0 fully saturated rings. The van der Waals surface area contributed by atoms with Gasteiger partial charge in [-0.05, 0) is 26.2 Å². The van der Waals surface area contributed by atoms with Gasteiger partial charge in [0.2, 0.25) is 10.0 Å². The quantitative estimate of drug-likeness (QED) is 0.712. The van der Waals surface area contributed by atoms with Crippen LogP contribution in [0.1, 0.15) is 31.7 Å². The van der Waals surface area contributed by atoms with Gasteiger partial charge in [-0.3, -0.25) is 5.10 Å². The number of aromatic amines is 1. The van der Waals surface area contributed by atoms with Crippen molar-refractivity contribution in [2.45, 2.75) is 45.1 Å². The Morgan fingerprint density at radius 3 is 2.44 bits per heavy atom. The number of hydrogen-bond acceptors (Lipinski definition) is 4. The molecule has 0 amide bonds. The van der Waals surface area contributed by atoms with E-state index >= 15 is 0 Å². The van der Waals surface area contributed by atoms with E-state index in [1.807, 2.05) is 13.8 Å². The van der Waals surface area contributed by atoms with Gasteiger partial charge in [0, 0.05) is 6.54 Å². The summed E-state index contributed by atoms with van der Waals surface area (Å²) in [7, 11) is -3.61. The minimum Gasteiger partial charge on any atom is -0.392 e. The van der Waals surface area contributed by atoms with Crippen LogP contribution in [-0.4, -0.2) is 36.4 Å². The summed E-state index contributed by atoms with van der Waals surface area (Å²) in [4.78, 5) is 0.166. The predicted octanol–water partition coefficient (Wildman–Crippen LogP) is 0.712. The molecule has 0 bridgehead atoms. The van der Waals surface area contributed by atoms with Gasteiger partial charge in [-0.15, -0.1) is 0 Å². The summed E-state index contributed by atoms with van der Waals surface area (Å²) in [5.41, 5.74) is 0.927. The predicted molar refractivity (Wildman–Crippen MR) is 68.7 cm³/mol. The van der Waals surface area contributed by atoms with E-state index in [-0.39, 0.29) is 11.4 Å². The lowest BCUT2D eigenvalue weighted by Crippen LogP contribution is -2.33. The Kier molecular flexibility index (Phi) is 4.89. The Labute approximate surface area is 108 Å². The Bertz CT molecular complexity index is 474. The number of aromatic nitrogens is 2. The first-order chi connectivity index (χ1) is 8.24. The van der Waals surface area contributed by atoms with E-state index in [4.69, 9.17) is 0 Å². The van der Waals surface area contributed by atoms with Crippen LogP contribution >= 0.6 is 0 Å². The number of rotatable bonds is 6. The molecule has 18 heavy (non-hydrogen) atoms. The summed E-state index contributed by atoms with van der Waals surface area (Å²) in [6.45, 7) is 7.25. The molecule has 0 aliphatic rings. The van der Waals surface area contributed by atoms with E-state index < -0.39 is 16.1 Å². The number of hydrogen-bond donors (Lipinski definition) is 3. The minimum atomic E-state index is -3.61. The Balaban J connectivity index is 2.72. The van der Waals surface area contributed by atoms with Crippen LogP contribution in [0, 0.1) is 19.8 Å². The molecule has 104 valence electrons. The maximum Gasteiger partial charge on any atom is 0.244 e. The highest BCUT2D eigenvalue weighted by Crippen LogP contribution is 2.16. The Hall–Kier alpha value is -0.920. The summed E-state index contributed by atoms with van der Waals surface area (Å²) in [6, 6.07) is 0. The van der Waals surface area contributed by atoms with E-state index in [0.717, 1.165) is 0 Å². The zero-order valence-electron chi connectivity index (χ0n) is 11.2. The minimum absolute atomic E-state index is 0.0184. The number of aliphatic hydroxyl groups is 1. The van der Waals surface area contributed by atoms with Crippen molar-refractivity contribution in [2.75, 3.05) is 6.54 Å². The molecule has 0 spiro atoms. The number of sulfonamides is 1. The molecule has 0 radical (unpaired) electrons. The van der Waals surface area contributed by atoms with E-state index in [9.17, 15) is 13.5 Å². The summed E-state index contributed by atoms with van der Waals surface area (Å²) >= 11 is 0. The number of aliphatic hydroxyl groups excluding tert-OH is 1. The monoisotopic (exact) mass is 275 g/mol. The zero-order valence-corrected chi connectivity index (χ0v) is 12.0. The molecule has 1 aromatic rings. The van der Waals surface area contributed by atoms with Crippen molar-refractivity contribution in [2.24, 2.45) is 5.92 Å². The molecule has 1 atom stereocenters. The lowest BCUT2D eigenvalue weighted by molar-refractivity contribution is 0.152. The van der Waals surface area contributed by atoms with Crippen LogP contribution in [-0.2, 0) is 10.0 Å². The Morgan fingerprint density at radius 2 is 2.00 bits per heavy atom. The van der Waals surface area contributed by atoms with Crippen molar-refractivity contribution in [3.8, 4) is 0 Å². The highest BCUT2D eigenvalue weighted by atomic mass is 32.2. The third-order valence-corrected chi connectivity index (χ3v) is 4.27. The molecule has 1 unspecified atom stereocenters. The van der Waals surface area contributed by atoms with Crippen molar-refractivity contribution < 1.29 is 13.5 Å². The molecule has 1 heterocycles. The van der Waals surface area contributed by atoms with Crippen LogP contribution in [0.15, 0.2) is 4.90 Å². The van der Waals surface area contributed by atoms with Crippen molar-refractivity contribution >= 4 is 10.0 Å². The van der Waals surface area contributed by atoms with Crippen molar-refractivity contribution in [3.63, 3.8) is 0 Å². The van der Waals surface area contributed by atoms with Crippen LogP contribution < -0.4 is 4.72 Å². The van der Waals surface area contributed by atoms with Gasteiger partial charge in [-0.25, -0.2) is 13.1 Å². The third kappa shape index (κ3) is 3.79. The fraction of sp³-hybridized carbons (Fsp3) is 0.727. The molecular formula is C11H21N3O3S. The van der Waals surface area contributed by atoms with Gasteiger partial charge in [0.1, 0.15) is 4.90 Å². The van der Waals surface area contributed by atoms with Crippen LogP contribution in [0.4, 0.5) is 0 Å². The van der Waals surface area contributed by atoms with Crippen molar-refractivity contribution in [1.29, 1.82) is 0 Å². The molecular weight excluding hydrogens is 254 g/mol. The standard InChI is InChI=1S/C11H21N3O3S/c1-7(2)5-10(15)6-12-18(16,17)11-8(3)13-14-9(11)4/h7,10,12,15H,5-6H2,1-4H3,(H,13,14). The molecule has 0 aliphatic heterocycles. The van der Waals surface area contributed by atoms with Crippen molar-refractivity contribution in [1.82, 2.24) is 14.9 Å². The summed E-state index contributed by atoms with van der Waals surface area (Å²) in [5, 5.41) is 16.2. The summed E-state index contributed by atoms with van der Waals surface area (Å²) < 4.78 is 26.5. The average molecular weight is 275 g/mol. The van der Waals surface area contributed by atoms with Crippen LogP contribution in [0.3, 0.4) is 0 Å². The SMILES string of the molecule is Cc1n[nH]c(C)c1S(=O)(=O)NCC(O)CC(C)C. The molecule has 6 nitrogen and oxygen atoms in total. The van der Waals surface area contributed by atoms with Gasteiger partial charge < -0.3 is 5.11 Å². The van der Waals surface area contributed by atoms with Gasteiger partial charge >= 0.3 is 0 Å². The first-order valence-electron chi connectivity index (χ1n) is 5.93. The fourth-order valence-electron chi connectivity index (χ4n) is 1.84. The molecule has 7 heteroatoms. The van der Waals surface area contributed by atoms with Crippen LogP contribution in [0.2, 0.25) is 0 Å². The number of H-pyrrole nitrogens is 1. The number of nitrogens with zero attached hydrogens (tertiary/aromatic N) is 1. The zero-order chi connectivity index (χ0) is 13.9. The topological polar surface area (TPSA) is 95.1 Å². The normalized spacial score (nSPS) is 14.1. The van der Waals surface area contributed by atoms with Gasteiger partial charge in [0.15, 0.2) is 0 Å². The van der Waals surface area contributed by atoms with Gasteiger partial charge in [0.05, 0.1) is 17.5 Å². The first-order valence-corrected chi connectivity index (χ1v) is 7.41. The molecule has 0 aromatic carbocycles. The smallest absolute Gasteiger partial charge is 0.244 e. The molecule has 0 aliphatic carbocycles. The summed E-state index contributed by atoms with van der Waals surface area (Å²) in [5.74, 6) is 0.321. The van der Waals surface area contributed by atoms with E-state index in [1.54, 1.807) is 13.8 Å². The molecule has 3 N–H and O–H groups in total. The lowest BCUT2D eigenvalue weighted by atomic mass is 10.1. The highest BCUT2D eigenvalue weighted by Gasteiger charge is 2.22. The first kappa shape index (κ1) is 15.1. The van der Waals surface area contributed by atoms with Gasteiger partial charge in [0.25, 0.3) is 0 Å². The van der Waals surface area contributed by atoms with E-state index in [2.05, 4.69) is 14.9 Å². The number of aryl methyl sites for hydroxylation is 2. The van der Waals surface area contributed by atoms with Crippen LogP contribution in [0.25, 0.3) is 0 Å². The second kappa shape index (κ2) is 5.81. The largest absolute Gasteiger partial charge is 0.392 e. The van der Waals surface area contributed by atoms with Crippen LogP contribution in [0.5, 0.6) is 0 Å². The highest BCUT2D eigenvalue weighted by molar-refractivity contribution is 7.89. The molecule has 1 aromatic heterocycles. The second-order valence-corrected chi connectivity index (χ2v) is 6.60.